The Morgan fingerprint density at radius 1 is 1.20 bits per heavy atom. The van der Waals surface area contributed by atoms with E-state index in [4.69, 9.17) is 17.0 Å². The van der Waals surface area contributed by atoms with Crippen molar-refractivity contribution < 1.29 is 18.8 Å². The number of rotatable bonds is 4. The molecule has 0 atom stereocenters. The molecule has 2 rings (SSSR count). The van der Waals surface area contributed by atoms with Crippen LogP contribution in [0.25, 0.3) is 0 Å². The predicted molar refractivity (Wildman–Crippen MR) is 92.9 cm³/mol. The third kappa shape index (κ3) is 4.85. The molecule has 0 aliphatic carbocycles. The molecule has 1 amide bonds. The van der Waals surface area contributed by atoms with Gasteiger partial charge in [0.2, 0.25) is 0 Å². The van der Waals surface area contributed by atoms with Gasteiger partial charge >= 0.3 is 0 Å². The average Bonchev–Trinajstić information content (AvgIpc) is 2.61. The monoisotopic (exact) mass is 364 g/mol. The largest absolute Gasteiger partial charge is 0.496 e. The lowest BCUT2D eigenvalue weighted by Gasteiger charge is -2.13. The van der Waals surface area contributed by atoms with E-state index >= 15 is 0 Å². The number of methoxy groups -OCH3 is 1. The van der Waals surface area contributed by atoms with Crippen LogP contribution in [0.1, 0.15) is 10.4 Å². The highest BCUT2D eigenvalue weighted by atomic mass is 32.1. The summed E-state index contributed by atoms with van der Waals surface area (Å²) in [5.74, 6) is -0.901. The van der Waals surface area contributed by atoms with Crippen LogP contribution in [0, 0.1) is 15.9 Å². The number of amides is 1. The van der Waals surface area contributed by atoms with E-state index in [2.05, 4.69) is 16.2 Å². The number of carbonyl (C=O) groups is 1. The maximum atomic E-state index is 12.8. The van der Waals surface area contributed by atoms with Crippen molar-refractivity contribution in [1.82, 2.24) is 10.9 Å². The second kappa shape index (κ2) is 8.02. The first-order valence-corrected chi connectivity index (χ1v) is 7.27. The first kappa shape index (κ1) is 18.1. The zero-order valence-corrected chi connectivity index (χ0v) is 13.7. The number of ether oxygens (including phenoxy) is 1. The summed E-state index contributed by atoms with van der Waals surface area (Å²) in [6, 6.07) is 9.07. The molecule has 0 aliphatic rings. The molecule has 2 aromatic rings. The van der Waals surface area contributed by atoms with E-state index in [9.17, 15) is 19.3 Å². The number of nitro groups is 1. The standard InChI is InChI=1S/C15H13FN4O4S/c1-24-13-7-6-11(20(22)23)8-12(13)14(21)18-19-15(25)17-10-4-2-9(16)3-5-10/h2-8H,1H3,(H,18,21)(H2,17,19,25). The van der Waals surface area contributed by atoms with Crippen molar-refractivity contribution in [3.05, 3.63) is 64.0 Å². The van der Waals surface area contributed by atoms with Crippen molar-refractivity contribution in [3.8, 4) is 5.75 Å². The molecule has 0 radical (unpaired) electrons. The van der Waals surface area contributed by atoms with E-state index in [1.54, 1.807) is 0 Å². The number of hydrazine groups is 1. The van der Waals surface area contributed by atoms with Crippen LogP contribution in [0.5, 0.6) is 5.75 Å². The van der Waals surface area contributed by atoms with Crippen molar-refractivity contribution in [1.29, 1.82) is 0 Å². The Bertz CT molecular complexity index is 814. The van der Waals surface area contributed by atoms with Gasteiger partial charge in [0.25, 0.3) is 11.6 Å². The second-order valence-corrected chi connectivity index (χ2v) is 5.09. The van der Waals surface area contributed by atoms with Gasteiger partial charge in [0.05, 0.1) is 17.6 Å². The van der Waals surface area contributed by atoms with Crippen LogP contribution in [0.3, 0.4) is 0 Å². The zero-order chi connectivity index (χ0) is 18.4. The number of non-ortho nitro benzene ring substituents is 1. The third-order valence-corrected chi connectivity index (χ3v) is 3.23. The van der Waals surface area contributed by atoms with Gasteiger partial charge in [-0.1, -0.05) is 0 Å². The number of anilines is 1. The van der Waals surface area contributed by atoms with E-state index < -0.39 is 16.6 Å². The molecular weight excluding hydrogens is 351 g/mol. The molecule has 0 saturated carbocycles. The fourth-order valence-corrected chi connectivity index (χ4v) is 2.03. The van der Waals surface area contributed by atoms with Crippen LogP contribution in [0.15, 0.2) is 42.5 Å². The highest BCUT2D eigenvalue weighted by Gasteiger charge is 2.17. The average molecular weight is 364 g/mol. The van der Waals surface area contributed by atoms with E-state index in [1.807, 2.05) is 0 Å². The summed E-state index contributed by atoms with van der Waals surface area (Å²) in [6.45, 7) is 0. The smallest absolute Gasteiger partial charge is 0.273 e. The highest BCUT2D eigenvalue weighted by molar-refractivity contribution is 7.80. The van der Waals surface area contributed by atoms with Crippen molar-refractivity contribution in [3.63, 3.8) is 0 Å². The summed E-state index contributed by atoms with van der Waals surface area (Å²) in [7, 11) is 1.34. The molecule has 0 aliphatic heterocycles. The van der Waals surface area contributed by atoms with E-state index in [0.29, 0.717) is 5.69 Å². The number of carbonyl (C=O) groups excluding carboxylic acids is 1. The molecule has 0 fully saturated rings. The quantitative estimate of drug-likeness (QED) is 0.434. The van der Waals surface area contributed by atoms with Gasteiger partial charge in [-0.15, -0.1) is 0 Å². The summed E-state index contributed by atoms with van der Waals surface area (Å²) < 4.78 is 17.9. The molecule has 3 N–H and O–H groups in total. The topological polar surface area (TPSA) is 106 Å². The Labute approximate surface area is 147 Å². The molecule has 10 heteroatoms. The lowest BCUT2D eigenvalue weighted by Crippen LogP contribution is -2.43. The number of nitrogens with one attached hydrogen (secondary N) is 3. The Morgan fingerprint density at radius 2 is 1.88 bits per heavy atom. The van der Waals surface area contributed by atoms with Gasteiger partial charge in [-0.05, 0) is 42.5 Å². The fourth-order valence-electron chi connectivity index (χ4n) is 1.86. The highest BCUT2D eigenvalue weighted by Crippen LogP contribution is 2.23. The minimum absolute atomic E-state index is 0.0335. The van der Waals surface area contributed by atoms with Crippen LogP contribution < -0.4 is 20.9 Å². The van der Waals surface area contributed by atoms with Gasteiger partial charge in [-0.3, -0.25) is 25.8 Å². The number of halogens is 1. The fraction of sp³-hybridized carbons (Fsp3) is 0.0667. The van der Waals surface area contributed by atoms with E-state index in [0.717, 1.165) is 6.07 Å². The summed E-state index contributed by atoms with van der Waals surface area (Å²) in [6.07, 6.45) is 0. The number of nitro benzene ring substituents is 1. The van der Waals surface area contributed by atoms with E-state index in [1.165, 1.54) is 43.5 Å². The number of hydrogen-bond acceptors (Lipinski definition) is 5. The Morgan fingerprint density at radius 3 is 2.48 bits per heavy atom. The van der Waals surface area contributed by atoms with Gasteiger partial charge < -0.3 is 10.1 Å². The van der Waals surface area contributed by atoms with Crippen molar-refractivity contribution in [2.24, 2.45) is 0 Å². The van der Waals surface area contributed by atoms with Gasteiger partial charge in [-0.25, -0.2) is 4.39 Å². The zero-order valence-electron chi connectivity index (χ0n) is 12.9. The van der Waals surface area contributed by atoms with E-state index in [-0.39, 0.29) is 22.1 Å². The van der Waals surface area contributed by atoms with Crippen molar-refractivity contribution in [2.45, 2.75) is 0 Å². The molecule has 8 nitrogen and oxygen atoms in total. The summed E-state index contributed by atoms with van der Waals surface area (Å²) in [5.41, 5.74) is 4.98. The SMILES string of the molecule is COc1ccc([N+](=O)[O-])cc1C(=O)NNC(=S)Nc1ccc(F)cc1. The molecule has 0 unspecified atom stereocenters. The first-order valence-electron chi connectivity index (χ1n) is 6.86. The summed E-state index contributed by atoms with van der Waals surface area (Å²) >= 11 is 5.00. The van der Waals surface area contributed by atoms with Crippen molar-refractivity contribution in [2.75, 3.05) is 12.4 Å². The molecular formula is C15H13FN4O4S. The minimum Gasteiger partial charge on any atom is -0.496 e. The van der Waals surface area contributed by atoms with Gasteiger partial charge in [-0.2, -0.15) is 0 Å². The second-order valence-electron chi connectivity index (χ2n) is 4.68. The van der Waals surface area contributed by atoms with Gasteiger partial charge in [0.1, 0.15) is 11.6 Å². The maximum Gasteiger partial charge on any atom is 0.273 e. The molecule has 2 aromatic carbocycles. The number of hydrogen-bond donors (Lipinski definition) is 3. The van der Waals surface area contributed by atoms with Crippen LogP contribution in [-0.2, 0) is 0 Å². The molecule has 0 saturated heterocycles. The number of benzene rings is 2. The third-order valence-electron chi connectivity index (χ3n) is 3.03. The maximum absolute atomic E-state index is 12.8. The van der Waals surface area contributed by atoms with Crippen LogP contribution in [0.2, 0.25) is 0 Å². The number of thiocarbonyl (C=S) groups is 1. The Balaban J connectivity index is 2.01. The Hall–Kier alpha value is -3.27. The first-order chi connectivity index (χ1) is 11.9. The Kier molecular flexibility index (Phi) is 5.79. The molecule has 0 bridgehead atoms. The summed E-state index contributed by atoms with van der Waals surface area (Å²) in [4.78, 5) is 22.4. The molecule has 0 spiro atoms. The minimum atomic E-state index is -0.677. The molecule has 25 heavy (non-hydrogen) atoms. The molecule has 0 heterocycles. The van der Waals surface area contributed by atoms with Crippen LogP contribution >= 0.6 is 12.2 Å². The molecule has 130 valence electrons. The normalized spacial score (nSPS) is 9.84. The van der Waals surface area contributed by atoms with Gasteiger partial charge in [0, 0.05) is 17.8 Å². The summed E-state index contributed by atoms with van der Waals surface area (Å²) in [5, 5.41) is 13.6. The van der Waals surface area contributed by atoms with Crippen LogP contribution in [0.4, 0.5) is 15.8 Å². The van der Waals surface area contributed by atoms with Crippen LogP contribution in [-0.4, -0.2) is 23.1 Å². The van der Waals surface area contributed by atoms with Gasteiger partial charge in [0.15, 0.2) is 5.11 Å². The lowest BCUT2D eigenvalue weighted by atomic mass is 10.1. The lowest BCUT2D eigenvalue weighted by molar-refractivity contribution is -0.384. The number of nitrogens with zero attached hydrogens (tertiary/aromatic N) is 1. The molecule has 0 aromatic heterocycles. The predicted octanol–water partition coefficient (Wildman–Crippen LogP) is 2.37. The van der Waals surface area contributed by atoms with Crippen molar-refractivity contribution >= 4 is 34.6 Å².